The van der Waals surface area contributed by atoms with Gasteiger partial charge in [0.25, 0.3) is 5.69 Å². The zero-order valence-electron chi connectivity index (χ0n) is 10.8. The fourth-order valence-electron chi connectivity index (χ4n) is 2.71. The van der Waals surface area contributed by atoms with Gasteiger partial charge in [0.05, 0.1) is 4.92 Å². The number of nitro groups is 1. The van der Waals surface area contributed by atoms with Crippen LogP contribution in [0.15, 0.2) is 43.5 Å². The maximum atomic E-state index is 11.1. The Morgan fingerprint density at radius 3 is 2.74 bits per heavy atom. The van der Waals surface area contributed by atoms with Crippen LogP contribution in [-0.4, -0.2) is 11.0 Å². The molecule has 1 N–H and O–H groups in total. The number of nitrogens with one attached hydrogen (secondary N) is 1. The minimum absolute atomic E-state index is 0.103. The molecule has 1 heterocycles. The van der Waals surface area contributed by atoms with Crippen LogP contribution in [0.4, 0.5) is 5.69 Å². The number of rotatable bonds is 5. The van der Waals surface area contributed by atoms with Crippen LogP contribution in [0.3, 0.4) is 0 Å². The summed E-state index contributed by atoms with van der Waals surface area (Å²) in [5.74, 6) is 0. The van der Waals surface area contributed by atoms with Gasteiger partial charge in [-0.1, -0.05) is 24.3 Å². The molecule has 2 rings (SSSR count). The van der Waals surface area contributed by atoms with Crippen molar-refractivity contribution in [2.45, 2.75) is 31.3 Å². The van der Waals surface area contributed by atoms with Gasteiger partial charge in [-0.25, -0.2) is 0 Å². The van der Waals surface area contributed by atoms with Gasteiger partial charge in [-0.05, 0) is 24.8 Å². The van der Waals surface area contributed by atoms with Crippen LogP contribution in [0, 0.1) is 10.1 Å². The van der Waals surface area contributed by atoms with Crippen molar-refractivity contribution in [1.82, 2.24) is 5.32 Å². The van der Waals surface area contributed by atoms with Gasteiger partial charge in [0.15, 0.2) is 0 Å². The second kappa shape index (κ2) is 5.80. The fraction of sp³-hybridized carbons (Fsp3) is 0.333. The molecule has 19 heavy (non-hydrogen) atoms. The van der Waals surface area contributed by atoms with Crippen molar-refractivity contribution in [1.29, 1.82) is 0 Å². The molecule has 4 heteroatoms. The van der Waals surface area contributed by atoms with Gasteiger partial charge in [-0.15, -0.1) is 13.2 Å². The number of hydrogen-bond donors (Lipinski definition) is 1. The van der Waals surface area contributed by atoms with Gasteiger partial charge in [-0.2, -0.15) is 0 Å². The molecule has 0 saturated heterocycles. The summed E-state index contributed by atoms with van der Waals surface area (Å²) in [5.41, 5.74) is 2.10. The predicted octanol–water partition coefficient (Wildman–Crippen LogP) is 3.30. The van der Waals surface area contributed by atoms with Gasteiger partial charge in [0, 0.05) is 23.7 Å². The highest BCUT2D eigenvalue weighted by Crippen LogP contribution is 2.34. The lowest BCUT2D eigenvalue weighted by Gasteiger charge is -2.32. The van der Waals surface area contributed by atoms with Crippen LogP contribution in [0.25, 0.3) is 0 Å². The number of hydrogen-bond acceptors (Lipinski definition) is 3. The van der Waals surface area contributed by atoms with Gasteiger partial charge in [0.2, 0.25) is 0 Å². The highest BCUT2D eigenvalue weighted by molar-refractivity contribution is 5.49. The largest absolute Gasteiger partial charge is 0.306 e. The van der Waals surface area contributed by atoms with Crippen LogP contribution in [0.2, 0.25) is 0 Å². The van der Waals surface area contributed by atoms with Crippen molar-refractivity contribution in [3.63, 3.8) is 0 Å². The molecule has 1 aromatic rings. The summed E-state index contributed by atoms with van der Waals surface area (Å²) in [5, 5.41) is 14.7. The summed E-state index contributed by atoms with van der Waals surface area (Å²) in [6, 6.07) is 5.61. The Morgan fingerprint density at radius 2 is 2.11 bits per heavy atom. The summed E-state index contributed by atoms with van der Waals surface area (Å²) in [4.78, 5) is 10.9. The molecule has 0 amide bonds. The third-order valence-corrected chi connectivity index (χ3v) is 3.50. The monoisotopic (exact) mass is 258 g/mol. The van der Waals surface area contributed by atoms with E-state index in [0.29, 0.717) is 6.42 Å². The Bertz CT molecular complexity index is 511. The first-order valence-electron chi connectivity index (χ1n) is 6.41. The minimum Gasteiger partial charge on any atom is -0.306 e. The van der Waals surface area contributed by atoms with Gasteiger partial charge in [0.1, 0.15) is 0 Å². The Labute approximate surface area is 113 Å². The van der Waals surface area contributed by atoms with E-state index in [0.717, 1.165) is 24.0 Å². The first-order chi connectivity index (χ1) is 9.17. The molecule has 0 bridgehead atoms. The number of fused-ring (bicyclic) bond motifs is 1. The zero-order chi connectivity index (χ0) is 13.8. The average Bonchev–Trinajstić information content (AvgIpc) is 2.38. The molecule has 0 fully saturated rings. The van der Waals surface area contributed by atoms with Crippen molar-refractivity contribution in [2.75, 3.05) is 0 Å². The van der Waals surface area contributed by atoms with Gasteiger partial charge in [-0.3, -0.25) is 10.1 Å². The fourth-order valence-corrected chi connectivity index (χ4v) is 2.71. The zero-order valence-corrected chi connectivity index (χ0v) is 10.8. The van der Waals surface area contributed by atoms with Gasteiger partial charge < -0.3 is 5.32 Å². The Hall–Kier alpha value is -1.94. The third-order valence-electron chi connectivity index (χ3n) is 3.50. The highest BCUT2D eigenvalue weighted by atomic mass is 16.6. The molecular formula is C15H18N2O2. The van der Waals surface area contributed by atoms with Crippen molar-refractivity contribution in [3.05, 3.63) is 64.8 Å². The molecule has 0 aromatic heterocycles. The first-order valence-corrected chi connectivity index (χ1v) is 6.41. The molecular weight excluding hydrogens is 240 g/mol. The normalized spacial score (nSPS) is 21.5. The van der Waals surface area contributed by atoms with E-state index in [9.17, 15) is 10.1 Å². The maximum Gasteiger partial charge on any atom is 0.272 e. The van der Waals surface area contributed by atoms with Crippen LogP contribution >= 0.6 is 0 Å². The van der Waals surface area contributed by atoms with E-state index in [-0.39, 0.29) is 22.7 Å². The van der Waals surface area contributed by atoms with Crippen molar-refractivity contribution in [2.24, 2.45) is 0 Å². The van der Waals surface area contributed by atoms with Crippen LogP contribution in [0.5, 0.6) is 0 Å². The van der Waals surface area contributed by atoms with E-state index in [1.807, 2.05) is 18.2 Å². The molecule has 0 radical (unpaired) electrons. The Morgan fingerprint density at radius 1 is 1.37 bits per heavy atom. The van der Waals surface area contributed by atoms with Crippen molar-refractivity contribution < 1.29 is 4.92 Å². The van der Waals surface area contributed by atoms with Crippen LogP contribution < -0.4 is 5.32 Å². The molecule has 1 aromatic carbocycles. The predicted molar refractivity (Wildman–Crippen MR) is 76.1 cm³/mol. The average molecular weight is 258 g/mol. The van der Waals surface area contributed by atoms with E-state index in [1.54, 1.807) is 12.1 Å². The van der Waals surface area contributed by atoms with E-state index in [1.165, 1.54) is 0 Å². The first kappa shape index (κ1) is 13.5. The SMILES string of the molecule is C=CC[C@@H]1Cc2c(cccc2[N+](=O)[O-])[C@H](CC=C)N1. The molecule has 0 spiro atoms. The molecule has 1 aliphatic rings. The van der Waals surface area contributed by atoms with Crippen LogP contribution in [-0.2, 0) is 6.42 Å². The molecule has 4 nitrogen and oxygen atoms in total. The Balaban J connectivity index is 2.44. The van der Waals surface area contributed by atoms with Gasteiger partial charge >= 0.3 is 0 Å². The van der Waals surface area contributed by atoms with Crippen molar-refractivity contribution in [3.8, 4) is 0 Å². The summed E-state index contributed by atoms with van der Waals surface area (Å²) in [6.45, 7) is 7.51. The molecule has 0 unspecified atom stereocenters. The summed E-state index contributed by atoms with van der Waals surface area (Å²) < 4.78 is 0. The lowest BCUT2D eigenvalue weighted by atomic mass is 9.86. The summed E-state index contributed by atoms with van der Waals surface area (Å²) >= 11 is 0. The molecule has 0 aliphatic carbocycles. The lowest BCUT2D eigenvalue weighted by molar-refractivity contribution is -0.385. The third kappa shape index (κ3) is 2.74. The van der Waals surface area contributed by atoms with E-state index < -0.39 is 0 Å². The Kier molecular flexibility index (Phi) is 4.12. The van der Waals surface area contributed by atoms with E-state index in [4.69, 9.17) is 0 Å². The van der Waals surface area contributed by atoms with E-state index >= 15 is 0 Å². The van der Waals surface area contributed by atoms with E-state index in [2.05, 4.69) is 18.5 Å². The number of nitrogens with zero attached hydrogens (tertiary/aromatic N) is 1. The lowest BCUT2D eigenvalue weighted by Crippen LogP contribution is -2.39. The maximum absolute atomic E-state index is 11.1. The van der Waals surface area contributed by atoms with Crippen molar-refractivity contribution >= 4 is 5.69 Å². The molecule has 1 aliphatic heterocycles. The quantitative estimate of drug-likeness (QED) is 0.501. The molecule has 100 valence electrons. The molecule has 0 saturated carbocycles. The highest BCUT2D eigenvalue weighted by Gasteiger charge is 2.29. The van der Waals surface area contributed by atoms with Crippen LogP contribution in [0.1, 0.15) is 30.0 Å². The number of benzene rings is 1. The topological polar surface area (TPSA) is 55.2 Å². The second-order valence-electron chi connectivity index (χ2n) is 4.77. The summed E-state index contributed by atoms with van der Waals surface area (Å²) in [7, 11) is 0. The summed E-state index contributed by atoms with van der Waals surface area (Å²) in [6.07, 6.45) is 5.94. The number of nitro benzene ring substituents is 1. The smallest absolute Gasteiger partial charge is 0.272 e. The molecule has 2 atom stereocenters. The minimum atomic E-state index is -0.292. The second-order valence-corrected chi connectivity index (χ2v) is 4.77. The standard InChI is InChI=1S/C15H18N2O2/c1-3-6-11-10-13-12(14(16-11)7-4-2)8-5-9-15(13)17(18)19/h3-5,8-9,11,14,16H,1-2,6-7,10H2/t11-,14+/m1/s1.